The summed E-state index contributed by atoms with van der Waals surface area (Å²) in [6.07, 6.45) is 1.47. The molecule has 7 nitrogen and oxygen atoms in total. The second-order valence-electron chi connectivity index (χ2n) is 7.97. The van der Waals surface area contributed by atoms with Gasteiger partial charge in [-0.2, -0.15) is 10.1 Å². The first-order chi connectivity index (χ1) is 16.7. The maximum Gasteiger partial charge on any atom is 0.338 e. The van der Waals surface area contributed by atoms with Gasteiger partial charge < -0.3 is 14.8 Å². The van der Waals surface area contributed by atoms with Crippen LogP contribution < -0.4 is 10.1 Å². The van der Waals surface area contributed by atoms with Gasteiger partial charge in [0.1, 0.15) is 31.3 Å². The number of hydrogen-bond donors (Lipinski definition) is 1. The molecule has 0 spiro atoms. The van der Waals surface area contributed by atoms with Crippen LogP contribution >= 0.6 is 0 Å². The number of nitrogens with zero attached hydrogens (tertiary/aromatic N) is 3. The summed E-state index contributed by atoms with van der Waals surface area (Å²) >= 11 is 0. The number of rotatable bonds is 7. The molecule has 0 radical (unpaired) electrons. The Morgan fingerprint density at radius 2 is 1.56 bits per heavy atom. The second-order valence-corrected chi connectivity index (χ2v) is 7.97. The molecule has 1 aliphatic rings. The second kappa shape index (κ2) is 9.62. The molecule has 1 unspecified atom stereocenters. The number of allylic oxidation sites excluding steroid dienone is 1. The molecule has 0 amide bonds. The summed E-state index contributed by atoms with van der Waals surface area (Å²) in [5.41, 5.74) is 3.91. The van der Waals surface area contributed by atoms with E-state index in [9.17, 15) is 4.79 Å². The lowest BCUT2D eigenvalue weighted by atomic mass is 9.95. The highest BCUT2D eigenvalue weighted by atomic mass is 16.5. The number of aromatic nitrogens is 3. The normalized spacial score (nSPS) is 14.8. The van der Waals surface area contributed by atoms with E-state index in [4.69, 9.17) is 9.47 Å². The quantitative estimate of drug-likeness (QED) is 0.402. The molecule has 170 valence electrons. The number of hydrogen-bond acceptors (Lipinski definition) is 6. The van der Waals surface area contributed by atoms with Gasteiger partial charge in [0.25, 0.3) is 0 Å². The van der Waals surface area contributed by atoms with Crippen molar-refractivity contribution in [1.29, 1.82) is 0 Å². The fraction of sp³-hybridized carbons (Fsp3) is 0.148. The third kappa shape index (κ3) is 4.41. The Hall–Kier alpha value is -4.39. The van der Waals surface area contributed by atoms with Gasteiger partial charge in [-0.3, -0.25) is 0 Å². The molecular formula is C27H24N4O3. The number of benzene rings is 3. The summed E-state index contributed by atoms with van der Waals surface area (Å²) in [7, 11) is 0. The fourth-order valence-electron chi connectivity index (χ4n) is 4.02. The standard InChI is InChI=1S/C27H24N4O3/c1-19-24(26(32)34-17-21-12-6-3-7-13-21)25(31-27(30-19)28-18-29-31)22-14-8-9-15-23(22)33-16-20-10-4-2-5-11-20/h2-15,18,25H,16-17H2,1H3,(H,28,29,30). The fourth-order valence-corrected chi connectivity index (χ4v) is 4.02. The molecule has 0 bridgehead atoms. The number of carbonyl (C=O) groups is 1. The molecule has 1 aliphatic heterocycles. The number of para-hydroxylation sites is 1. The van der Waals surface area contributed by atoms with Crippen LogP contribution in [0, 0.1) is 0 Å². The maximum absolute atomic E-state index is 13.4. The summed E-state index contributed by atoms with van der Waals surface area (Å²) in [5, 5.41) is 7.58. The third-order valence-corrected chi connectivity index (χ3v) is 5.68. The van der Waals surface area contributed by atoms with Gasteiger partial charge in [-0.1, -0.05) is 78.9 Å². The molecule has 7 heteroatoms. The summed E-state index contributed by atoms with van der Waals surface area (Å²) < 4.78 is 13.6. The van der Waals surface area contributed by atoms with Crippen LogP contribution in [0.3, 0.4) is 0 Å². The molecule has 3 aromatic carbocycles. The van der Waals surface area contributed by atoms with Crippen LogP contribution in [0.25, 0.3) is 0 Å². The Kier molecular flexibility index (Phi) is 6.07. The van der Waals surface area contributed by atoms with Crippen LogP contribution in [0.5, 0.6) is 5.75 Å². The van der Waals surface area contributed by atoms with Gasteiger partial charge in [-0.15, -0.1) is 0 Å². The Morgan fingerprint density at radius 3 is 2.29 bits per heavy atom. The minimum Gasteiger partial charge on any atom is -0.489 e. The first-order valence-electron chi connectivity index (χ1n) is 11.0. The number of ether oxygens (including phenoxy) is 2. The van der Waals surface area contributed by atoms with Crippen molar-refractivity contribution in [3.63, 3.8) is 0 Å². The minimum absolute atomic E-state index is 0.180. The number of anilines is 1. The first-order valence-corrected chi connectivity index (χ1v) is 11.0. The zero-order valence-electron chi connectivity index (χ0n) is 18.7. The molecule has 0 fully saturated rings. The van der Waals surface area contributed by atoms with Crippen molar-refractivity contribution in [1.82, 2.24) is 14.8 Å². The van der Waals surface area contributed by atoms with Gasteiger partial charge in [0, 0.05) is 11.3 Å². The van der Waals surface area contributed by atoms with Crippen molar-refractivity contribution in [2.45, 2.75) is 26.2 Å². The van der Waals surface area contributed by atoms with E-state index in [0.717, 1.165) is 16.7 Å². The zero-order chi connectivity index (χ0) is 23.3. The lowest BCUT2D eigenvalue weighted by molar-refractivity contribution is -0.140. The van der Waals surface area contributed by atoms with Crippen LogP contribution in [0.15, 0.2) is 103 Å². The highest BCUT2D eigenvalue weighted by Crippen LogP contribution is 2.39. The van der Waals surface area contributed by atoms with Crippen molar-refractivity contribution >= 4 is 11.9 Å². The van der Waals surface area contributed by atoms with Crippen LogP contribution in [-0.4, -0.2) is 20.7 Å². The lowest BCUT2D eigenvalue weighted by Gasteiger charge is -2.29. The van der Waals surface area contributed by atoms with E-state index in [-0.39, 0.29) is 6.61 Å². The average molecular weight is 453 g/mol. The maximum atomic E-state index is 13.4. The van der Waals surface area contributed by atoms with Crippen LogP contribution in [0.4, 0.5) is 5.95 Å². The summed E-state index contributed by atoms with van der Waals surface area (Å²) in [6, 6.07) is 26.7. The largest absolute Gasteiger partial charge is 0.489 e. The predicted octanol–water partition coefficient (Wildman–Crippen LogP) is 4.89. The van der Waals surface area contributed by atoms with E-state index in [1.807, 2.05) is 91.9 Å². The van der Waals surface area contributed by atoms with Crippen LogP contribution in [0.2, 0.25) is 0 Å². The Bertz CT molecular complexity index is 1320. The Labute approximate surface area is 197 Å². The summed E-state index contributed by atoms with van der Waals surface area (Å²) in [4.78, 5) is 17.7. The molecule has 1 aromatic heterocycles. The van der Waals surface area contributed by atoms with Gasteiger partial charge in [-0.25, -0.2) is 9.48 Å². The van der Waals surface area contributed by atoms with Gasteiger partial charge in [0.15, 0.2) is 0 Å². The first kappa shape index (κ1) is 21.5. The highest BCUT2D eigenvalue weighted by molar-refractivity contribution is 5.92. The number of nitrogens with one attached hydrogen (secondary N) is 1. The van der Waals surface area contributed by atoms with Gasteiger partial charge in [0.05, 0.1) is 5.57 Å². The van der Waals surface area contributed by atoms with Crippen molar-refractivity contribution in [3.05, 3.63) is 119 Å². The monoisotopic (exact) mass is 452 g/mol. The number of esters is 1. The van der Waals surface area contributed by atoms with Crippen molar-refractivity contribution in [3.8, 4) is 5.75 Å². The van der Waals surface area contributed by atoms with Crippen molar-refractivity contribution in [2.75, 3.05) is 5.32 Å². The van der Waals surface area contributed by atoms with Gasteiger partial charge in [0.2, 0.25) is 5.95 Å². The third-order valence-electron chi connectivity index (χ3n) is 5.68. The molecule has 1 N–H and O–H groups in total. The van der Waals surface area contributed by atoms with E-state index in [1.165, 1.54) is 6.33 Å². The molecule has 0 aliphatic carbocycles. The number of carbonyl (C=O) groups excluding carboxylic acids is 1. The van der Waals surface area contributed by atoms with Crippen molar-refractivity contribution < 1.29 is 14.3 Å². The molecule has 0 saturated carbocycles. The SMILES string of the molecule is CC1=C(C(=O)OCc2ccccc2)C(c2ccccc2OCc2ccccc2)n2ncnc2N1. The van der Waals surface area contributed by atoms with E-state index in [2.05, 4.69) is 15.4 Å². The smallest absolute Gasteiger partial charge is 0.338 e. The molecule has 34 heavy (non-hydrogen) atoms. The average Bonchev–Trinajstić information content (AvgIpc) is 3.35. The van der Waals surface area contributed by atoms with Crippen LogP contribution in [-0.2, 0) is 22.7 Å². The molecule has 4 aromatic rings. The topological polar surface area (TPSA) is 78.3 Å². The molecule has 5 rings (SSSR count). The Balaban J connectivity index is 1.47. The van der Waals surface area contributed by atoms with E-state index < -0.39 is 12.0 Å². The van der Waals surface area contributed by atoms with Gasteiger partial charge in [-0.05, 0) is 24.1 Å². The molecule has 1 atom stereocenters. The van der Waals surface area contributed by atoms with Crippen molar-refractivity contribution in [2.24, 2.45) is 0 Å². The van der Waals surface area contributed by atoms with Gasteiger partial charge >= 0.3 is 5.97 Å². The minimum atomic E-state index is -0.547. The predicted molar refractivity (Wildman–Crippen MR) is 128 cm³/mol. The summed E-state index contributed by atoms with van der Waals surface area (Å²) in [5.74, 6) is 0.804. The Morgan fingerprint density at radius 1 is 0.912 bits per heavy atom. The van der Waals surface area contributed by atoms with E-state index in [0.29, 0.717) is 29.6 Å². The lowest BCUT2D eigenvalue weighted by Crippen LogP contribution is -2.30. The summed E-state index contributed by atoms with van der Waals surface area (Å²) in [6.45, 7) is 2.43. The highest BCUT2D eigenvalue weighted by Gasteiger charge is 2.36. The number of fused-ring (bicyclic) bond motifs is 1. The van der Waals surface area contributed by atoms with E-state index >= 15 is 0 Å². The zero-order valence-corrected chi connectivity index (χ0v) is 18.7. The van der Waals surface area contributed by atoms with Crippen LogP contribution in [0.1, 0.15) is 29.7 Å². The molecule has 2 heterocycles. The molecule has 0 saturated heterocycles. The van der Waals surface area contributed by atoms with E-state index in [1.54, 1.807) is 4.68 Å². The molecular weight excluding hydrogens is 428 g/mol.